The van der Waals surface area contributed by atoms with Crippen molar-refractivity contribution in [1.29, 1.82) is 5.26 Å². The number of hydrogen-bond acceptors (Lipinski definition) is 3. The molecule has 2 N–H and O–H groups in total. The summed E-state index contributed by atoms with van der Waals surface area (Å²) in [4.78, 5) is 11.4. The van der Waals surface area contributed by atoms with E-state index in [-0.39, 0.29) is 12.5 Å². The molecule has 4 heteroatoms. The van der Waals surface area contributed by atoms with E-state index < -0.39 is 0 Å². The van der Waals surface area contributed by atoms with Crippen LogP contribution in [0, 0.1) is 11.3 Å². The van der Waals surface area contributed by atoms with Crippen LogP contribution < -0.4 is 10.6 Å². The van der Waals surface area contributed by atoms with E-state index in [2.05, 4.69) is 16.7 Å². The molecule has 0 unspecified atom stereocenters. The lowest BCUT2D eigenvalue weighted by Gasteiger charge is -2.10. The summed E-state index contributed by atoms with van der Waals surface area (Å²) in [5.41, 5.74) is 1.50. The number of nitrogens with zero attached hydrogens (tertiary/aromatic N) is 1. The number of rotatable bonds is 4. The number of nitriles is 1. The quantitative estimate of drug-likeness (QED) is 0.878. The van der Waals surface area contributed by atoms with E-state index in [1.807, 2.05) is 37.3 Å². The highest BCUT2D eigenvalue weighted by Crippen LogP contribution is 2.26. The molecule has 0 saturated heterocycles. The fourth-order valence-corrected chi connectivity index (χ4v) is 1.99. The Labute approximate surface area is 112 Å². The summed E-state index contributed by atoms with van der Waals surface area (Å²) in [5, 5.41) is 16.8. The van der Waals surface area contributed by atoms with E-state index in [1.165, 1.54) is 0 Å². The first-order valence-electron chi connectivity index (χ1n) is 6.18. The normalized spacial score (nSPS) is 9.89. The summed E-state index contributed by atoms with van der Waals surface area (Å²) in [6.07, 6.45) is 0. The summed E-state index contributed by atoms with van der Waals surface area (Å²) >= 11 is 0. The third-order valence-corrected chi connectivity index (χ3v) is 2.86. The van der Waals surface area contributed by atoms with Crippen LogP contribution in [-0.2, 0) is 4.79 Å². The predicted molar refractivity (Wildman–Crippen MR) is 75.8 cm³/mol. The lowest BCUT2D eigenvalue weighted by Crippen LogP contribution is -2.29. The fraction of sp³-hybridized carbons (Fsp3) is 0.200. The molecule has 2 aromatic carbocycles. The lowest BCUT2D eigenvalue weighted by molar-refractivity contribution is -0.119. The lowest BCUT2D eigenvalue weighted by atomic mass is 10.0. The van der Waals surface area contributed by atoms with Gasteiger partial charge in [-0.3, -0.25) is 4.79 Å². The van der Waals surface area contributed by atoms with Crippen molar-refractivity contribution in [2.45, 2.75) is 6.92 Å². The van der Waals surface area contributed by atoms with E-state index in [0.717, 1.165) is 16.5 Å². The largest absolute Gasteiger partial charge is 0.376 e. The molecular weight excluding hydrogens is 238 g/mol. The van der Waals surface area contributed by atoms with Gasteiger partial charge in [0.1, 0.15) is 0 Å². The van der Waals surface area contributed by atoms with Crippen LogP contribution >= 0.6 is 0 Å². The van der Waals surface area contributed by atoms with Gasteiger partial charge >= 0.3 is 0 Å². The third-order valence-electron chi connectivity index (χ3n) is 2.86. The van der Waals surface area contributed by atoms with Crippen molar-refractivity contribution in [2.24, 2.45) is 0 Å². The molecule has 4 nitrogen and oxygen atoms in total. The summed E-state index contributed by atoms with van der Waals surface area (Å²) in [5.74, 6) is -0.0454. The average molecular weight is 253 g/mol. The van der Waals surface area contributed by atoms with Crippen molar-refractivity contribution in [2.75, 3.05) is 18.4 Å². The SMILES string of the molecule is CCNC(=O)CNc1ccc(C#N)c2ccccc12. The van der Waals surface area contributed by atoms with E-state index >= 15 is 0 Å². The maximum absolute atomic E-state index is 11.4. The van der Waals surface area contributed by atoms with Crippen LogP contribution in [0.2, 0.25) is 0 Å². The van der Waals surface area contributed by atoms with E-state index in [4.69, 9.17) is 5.26 Å². The second-order valence-corrected chi connectivity index (χ2v) is 4.13. The minimum absolute atomic E-state index is 0.0454. The highest BCUT2D eigenvalue weighted by atomic mass is 16.1. The average Bonchev–Trinajstić information content (AvgIpc) is 2.45. The van der Waals surface area contributed by atoms with Crippen LogP contribution in [0.5, 0.6) is 0 Å². The van der Waals surface area contributed by atoms with Gasteiger partial charge in [0.2, 0.25) is 5.91 Å². The van der Waals surface area contributed by atoms with Crippen molar-refractivity contribution in [1.82, 2.24) is 5.32 Å². The Morgan fingerprint density at radius 2 is 1.95 bits per heavy atom. The number of likely N-dealkylation sites (N-methyl/N-ethyl adjacent to an activating group) is 1. The van der Waals surface area contributed by atoms with Crippen molar-refractivity contribution < 1.29 is 4.79 Å². The fourth-order valence-electron chi connectivity index (χ4n) is 1.99. The van der Waals surface area contributed by atoms with Gasteiger partial charge in [-0.15, -0.1) is 0 Å². The highest BCUT2D eigenvalue weighted by Gasteiger charge is 2.06. The number of hydrogen-bond donors (Lipinski definition) is 2. The van der Waals surface area contributed by atoms with Gasteiger partial charge < -0.3 is 10.6 Å². The number of amides is 1. The Hall–Kier alpha value is -2.54. The van der Waals surface area contributed by atoms with E-state index in [9.17, 15) is 4.79 Å². The number of carbonyl (C=O) groups excluding carboxylic acids is 1. The zero-order valence-electron chi connectivity index (χ0n) is 10.7. The van der Waals surface area contributed by atoms with Gasteiger partial charge in [-0.1, -0.05) is 24.3 Å². The Kier molecular flexibility index (Phi) is 3.99. The van der Waals surface area contributed by atoms with E-state index in [0.29, 0.717) is 12.1 Å². The van der Waals surface area contributed by atoms with Crippen molar-refractivity contribution >= 4 is 22.4 Å². The minimum atomic E-state index is -0.0454. The van der Waals surface area contributed by atoms with Crippen LogP contribution in [0.4, 0.5) is 5.69 Å². The smallest absolute Gasteiger partial charge is 0.239 e. The Balaban J connectivity index is 2.30. The molecule has 0 saturated carbocycles. The number of benzene rings is 2. The molecule has 96 valence electrons. The summed E-state index contributed by atoms with van der Waals surface area (Å²) in [6.45, 7) is 2.73. The van der Waals surface area contributed by atoms with Gasteiger partial charge in [0.15, 0.2) is 0 Å². The maximum atomic E-state index is 11.4. The predicted octanol–water partition coefficient (Wildman–Crippen LogP) is 2.26. The maximum Gasteiger partial charge on any atom is 0.239 e. The molecular formula is C15H15N3O. The topological polar surface area (TPSA) is 64.9 Å². The van der Waals surface area contributed by atoms with Gasteiger partial charge in [-0.2, -0.15) is 5.26 Å². The number of fused-ring (bicyclic) bond motifs is 1. The highest BCUT2D eigenvalue weighted by molar-refractivity contribution is 5.98. The first-order chi connectivity index (χ1) is 9.26. The monoisotopic (exact) mass is 253 g/mol. The minimum Gasteiger partial charge on any atom is -0.376 e. The Morgan fingerprint density at radius 1 is 1.21 bits per heavy atom. The summed E-state index contributed by atoms with van der Waals surface area (Å²) in [7, 11) is 0. The number of nitrogens with one attached hydrogen (secondary N) is 2. The second kappa shape index (κ2) is 5.87. The molecule has 0 bridgehead atoms. The molecule has 0 aliphatic heterocycles. The van der Waals surface area contributed by atoms with Crippen LogP contribution in [0.15, 0.2) is 36.4 Å². The molecule has 0 atom stereocenters. The van der Waals surface area contributed by atoms with Crippen molar-refractivity contribution in [3.05, 3.63) is 42.0 Å². The standard InChI is InChI=1S/C15H15N3O/c1-2-17-15(19)10-18-14-8-7-11(9-16)12-5-3-4-6-13(12)14/h3-8,18H,2,10H2,1H3,(H,17,19). The molecule has 0 aliphatic rings. The zero-order valence-corrected chi connectivity index (χ0v) is 10.7. The molecule has 0 aliphatic carbocycles. The van der Waals surface area contributed by atoms with Crippen LogP contribution in [0.3, 0.4) is 0 Å². The molecule has 0 fully saturated rings. The van der Waals surface area contributed by atoms with Crippen LogP contribution in [0.1, 0.15) is 12.5 Å². The summed E-state index contributed by atoms with van der Waals surface area (Å²) in [6, 6.07) is 13.4. The second-order valence-electron chi connectivity index (χ2n) is 4.13. The molecule has 19 heavy (non-hydrogen) atoms. The number of anilines is 1. The Morgan fingerprint density at radius 3 is 2.63 bits per heavy atom. The molecule has 0 radical (unpaired) electrons. The van der Waals surface area contributed by atoms with Gasteiger partial charge in [0, 0.05) is 23.0 Å². The molecule has 1 amide bonds. The Bertz CT molecular complexity index is 643. The first kappa shape index (κ1) is 12.9. The first-order valence-corrected chi connectivity index (χ1v) is 6.18. The zero-order chi connectivity index (χ0) is 13.7. The molecule has 2 aromatic rings. The number of carbonyl (C=O) groups is 1. The van der Waals surface area contributed by atoms with Crippen LogP contribution in [-0.4, -0.2) is 19.0 Å². The van der Waals surface area contributed by atoms with Gasteiger partial charge in [-0.25, -0.2) is 0 Å². The molecule has 0 aromatic heterocycles. The van der Waals surface area contributed by atoms with Crippen LogP contribution in [0.25, 0.3) is 10.8 Å². The third kappa shape index (κ3) is 2.83. The van der Waals surface area contributed by atoms with Gasteiger partial charge in [0.05, 0.1) is 18.2 Å². The van der Waals surface area contributed by atoms with Crippen molar-refractivity contribution in [3.63, 3.8) is 0 Å². The molecule has 0 heterocycles. The molecule has 0 spiro atoms. The molecule has 2 rings (SSSR count). The van der Waals surface area contributed by atoms with Gasteiger partial charge in [-0.05, 0) is 19.1 Å². The van der Waals surface area contributed by atoms with E-state index in [1.54, 1.807) is 6.07 Å². The summed E-state index contributed by atoms with van der Waals surface area (Å²) < 4.78 is 0. The van der Waals surface area contributed by atoms with Crippen molar-refractivity contribution in [3.8, 4) is 6.07 Å². The van der Waals surface area contributed by atoms with Gasteiger partial charge in [0.25, 0.3) is 0 Å².